The van der Waals surface area contributed by atoms with Gasteiger partial charge in [-0.25, -0.2) is 0 Å². The lowest BCUT2D eigenvalue weighted by Gasteiger charge is -2.23. The van der Waals surface area contributed by atoms with Crippen molar-refractivity contribution in [3.05, 3.63) is 23.8 Å². The van der Waals surface area contributed by atoms with E-state index in [0.29, 0.717) is 23.2 Å². The summed E-state index contributed by atoms with van der Waals surface area (Å²) >= 11 is 1.85. The first-order valence-electron chi connectivity index (χ1n) is 7.13. The Balaban J connectivity index is 1.77. The fourth-order valence-corrected chi connectivity index (χ4v) is 3.90. The van der Waals surface area contributed by atoms with Crippen molar-refractivity contribution >= 4 is 23.4 Å². The van der Waals surface area contributed by atoms with Crippen LogP contribution in [0.1, 0.15) is 29.6 Å². The first-order valence-corrected chi connectivity index (χ1v) is 8.41. The number of benzene rings is 1. The van der Waals surface area contributed by atoms with Crippen LogP contribution in [0.4, 0.5) is 5.69 Å². The van der Waals surface area contributed by atoms with E-state index in [4.69, 9.17) is 4.74 Å². The number of thioether (sulfide) groups is 1. The second kappa shape index (κ2) is 5.95. The Morgan fingerprint density at radius 3 is 3.20 bits per heavy atom. The molecule has 108 valence electrons. The van der Waals surface area contributed by atoms with Crippen molar-refractivity contribution in [3.63, 3.8) is 0 Å². The van der Waals surface area contributed by atoms with Crippen LogP contribution < -0.4 is 15.4 Å². The maximum absolute atomic E-state index is 12.5. The summed E-state index contributed by atoms with van der Waals surface area (Å²) in [5, 5.41) is 6.98. The summed E-state index contributed by atoms with van der Waals surface area (Å²) in [5.74, 6) is 0.673. The average Bonchev–Trinajstić information content (AvgIpc) is 2.93. The number of hydrogen-bond acceptors (Lipinski definition) is 4. The number of carbonyl (C=O) groups excluding carboxylic acids is 1. The normalized spacial score (nSPS) is 24.4. The molecule has 0 radical (unpaired) electrons. The SMILES string of the molecule is CSC1CCCC1NC(=O)c1cccc2c1OCCN2. The lowest BCUT2D eigenvalue weighted by Crippen LogP contribution is -2.39. The van der Waals surface area contributed by atoms with Crippen LogP contribution in [0, 0.1) is 0 Å². The Bertz CT molecular complexity index is 507. The number of para-hydroxylation sites is 1. The van der Waals surface area contributed by atoms with E-state index in [1.54, 1.807) is 0 Å². The van der Waals surface area contributed by atoms with Crippen LogP contribution in [0.5, 0.6) is 5.75 Å². The molecule has 1 amide bonds. The fraction of sp³-hybridized carbons (Fsp3) is 0.533. The standard InChI is InChI=1S/C15H20N2O2S/c1-20-13-7-3-5-11(13)17-15(18)10-4-2-6-12-14(10)19-9-8-16-12/h2,4,6,11,13,16H,3,5,7-9H2,1H3,(H,17,18). The zero-order chi connectivity index (χ0) is 13.9. The van der Waals surface area contributed by atoms with E-state index in [1.165, 1.54) is 12.8 Å². The molecule has 2 unspecified atom stereocenters. The molecule has 20 heavy (non-hydrogen) atoms. The molecule has 0 bridgehead atoms. The molecular weight excluding hydrogens is 272 g/mol. The summed E-state index contributed by atoms with van der Waals surface area (Å²) in [4.78, 5) is 12.5. The second-order valence-corrected chi connectivity index (χ2v) is 6.32. The van der Waals surface area contributed by atoms with E-state index < -0.39 is 0 Å². The van der Waals surface area contributed by atoms with Gasteiger partial charge >= 0.3 is 0 Å². The molecule has 0 aromatic heterocycles. The van der Waals surface area contributed by atoms with E-state index in [1.807, 2.05) is 30.0 Å². The molecule has 4 nitrogen and oxygen atoms in total. The van der Waals surface area contributed by atoms with Gasteiger partial charge in [-0.1, -0.05) is 12.5 Å². The average molecular weight is 292 g/mol. The van der Waals surface area contributed by atoms with Crippen LogP contribution in [0.15, 0.2) is 18.2 Å². The van der Waals surface area contributed by atoms with Crippen molar-refractivity contribution in [2.45, 2.75) is 30.6 Å². The minimum absolute atomic E-state index is 0.0171. The van der Waals surface area contributed by atoms with E-state index in [2.05, 4.69) is 16.9 Å². The summed E-state index contributed by atoms with van der Waals surface area (Å²) < 4.78 is 5.66. The highest BCUT2D eigenvalue weighted by Gasteiger charge is 2.29. The van der Waals surface area contributed by atoms with Crippen LogP contribution >= 0.6 is 11.8 Å². The molecule has 0 saturated heterocycles. The molecule has 2 atom stereocenters. The Labute approximate surface area is 123 Å². The van der Waals surface area contributed by atoms with Crippen molar-refractivity contribution in [3.8, 4) is 5.75 Å². The second-order valence-electron chi connectivity index (χ2n) is 5.24. The van der Waals surface area contributed by atoms with Crippen LogP contribution in [0.3, 0.4) is 0 Å². The predicted octanol–water partition coefficient (Wildman–Crippen LogP) is 2.50. The summed E-state index contributed by atoms with van der Waals surface area (Å²) in [6.45, 7) is 1.39. The van der Waals surface area contributed by atoms with Gasteiger partial charge in [-0.2, -0.15) is 11.8 Å². The number of amides is 1. The fourth-order valence-electron chi connectivity index (χ4n) is 2.97. The molecule has 1 aromatic carbocycles. The summed E-state index contributed by atoms with van der Waals surface area (Å²) in [7, 11) is 0. The number of hydrogen-bond donors (Lipinski definition) is 2. The highest BCUT2D eigenvalue weighted by Crippen LogP contribution is 2.32. The van der Waals surface area contributed by atoms with E-state index >= 15 is 0 Å². The Hall–Kier alpha value is -1.36. The minimum atomic E-state index is -0.0171. The Morgan fingerprint density at radius 1 is 1.45 bits per heavy atom. The van der Waals surface area contributed by atoms with Gasteiger partial charge in [0.2, 0.25) is 0 Å². The van der Waals surface area contributed by atoms with Crippen LogP contribution in [0.25, 0.3) is 0 Å². The first-order chi connectivity index (χ1) is 9.79. The van der Waals surface area contributed by atoms with Crippen molar-refractivity contribution in [2.24, 2.45) is 0 Å². The van der Waals surface area contributed by atoms with E-state index in [0.717, 1.165) is 18.7 Å². The highest BCUT2D eigenvalue weighted by molar-refractivity contribution is 7.99. The number of ether oxygens (including phenoxy) is 1. The summed E-state index contributed by atoms with van der Waals surface area (Å²) in [5.41, 5.74) is 1.55. The molecule has 1 aliphatic heterocycles. The zero-order valence-electron chi connectivity index (χ0n) is 11.6. The summed E-state index contributed by atoms with van der Waals surface area (Å²) in [6, 6.07) is 5.97. The third-order valence-corrected chi connectivity index (χ3v) is 5.17. The molecule has 0 spiro atoms. The van der Waals surface area contributed by atoms with Crippen LogP contribution in [0.2, 0.25) is 0 Å². The lowest BCUT2D eigenvalue weighted by atomic mass is 10.1. The first kappa shape index (κ1) is 13.6. The number of fused-ring (bicyclic) bond motifs is 1. The predicted molar refractivity (Wildman–Crippen MR) is 82.8 cm³/mol. The van der Waals surface area contributed by atoms with Gasteiger partial charge in [0.05, 0.1) is 11.3 Å². The lowest BCUT2D eigenvalue weighted by molar-refractivity contribution is 0.0934. The molecule has 5 heteroatoms. The van der Waals surface area contributed by atoms with Gasteiger partial charge in [-0.05, 0) is 31.2 Å². The molecule has 1 aliphatic carbocycles. The molecule has 2 N–H and O–H groups in total. The molecule has 1 heterocycles. The quantitative estimate of drug-likeness (QED) is 0.899. The molecule has 1 saturated carbocycles. The van der Waals surface area contributed by atoms with Gasteiger partial charge in [-0.3, -0.25) is 4.79 Å². The zero-order valence-corrected chi connectivity index (χ0v) is 12.5. The molecule has 2 aliphatic rings. The third-order valence-electron chi connectivity index (χ3n) is 4.00. The Kier molecular flexibility index (Phi) is 4.05. The van der Waals surface area contributed by atoms with Crippen molar-refractivity contribution in [2.75, 3.05) is 24.7 Å². The largest absolute Gasteiger partial charge is 0.489 e. The number of rotatable bonds is 3. The van der Waals surface area contributed by atoms with Crippen molar-refractivity contribution < 1.29 is 9.53 Å². The van der Waals surface area contributed by atoms with Crippen molar-refractivity contribution in [1.29, 1.82) is 0 Å². The van der Waals surface area contributed by atoms with E-state index in [9.17, 15) is 4.79 Å². The van der Waals surface area contributed by atoms with Crippen LogP contribution in [-0.2, 0) is 0 Å². The van der Waals surface area contributed by atoms with Gasteiger partial charge in [0.15, 0.2) is 5.75 Å². The topological polar surface area (TPSA) is 50.4 Å². The number of nitrogens with one attached hydrogen (secondary N) is 2. The maximum atomic E-state index is 12.5. The number of anilines is 1. The third kappa shape index (κ3) is 2.59. The summed E-state index contributed by atoms with van der Waals surface area (Å²) in [6.07, 6.45) is 5.58. The van der Waals surface area contributed by atoms with Gasteiger partial charge in [0, 0.05) is 17.8 Å². The molecule has 1 fully saturated rings. The highest BCUT2D eigenvalue weighted by atomic mass is 32.2. The Morgan fingerprint density at radius 2 is 2.35 bits per heavy atom. The maximum Gasteiger partial charge on any atom is 0.255 e. The molecule has 1 aromatic rings. The van der Waals surface area contributed by atoms with Gasteiger partial charge in [0.1, 0.15) is 6.61 Å². The van der Waals surface area contributed by atoms with Gasteiger partial charge < -0.3 is 15.4 Å². The van der Waals surface area contributed by atoms with Crippen molar-refractivity contribution in [1.82, 2.24) is 5.32 Å². The van der Waals surface area contributed by atoms with E-state index in [-0.39, 0.29) is 11.9 Å². The molecule has 3 rings (SSSR count). The van der Waals surface area contributed by atoms with Crippen LogP contribution in [-0.4, -0.2) is 36.6 Å². The monoisotopic (exact) mass is 292 g/mol. The minimum Gasteiger partial charge on any atom is -0.489 e. The van der Waals surface area contributed by atoms with Gasteiger partial charge in [-0.15, -0.1) is 0 Å². The van der Waals surface area contributed by atoms with Gasteiger partial charge in [0.25, 0.3) is 5.91 Å². The molecular formula is C15H20N2O2S. The number of carbonyl (C=O) groups is 1. The smallest absolute Gasteiger partial charge is 0.255 e.